The zero-order valence-corrected chi connectivity index (χ0v) is 9.88. The number of pyridine rings is 1. The first-order valence-electron chi connectivity index (χ1n) is 5.35. The van der Waals surface area contributed by atoms with Gasteiger partial charge in [0, 0.05) is 12.1 Å². The maximum Gasteiger partial charge on any atom is 0.303 e. The van der Waals surface area contributed by atoms with E-state index in [4.69, 9.17) is 10.8 Å². The first kappa shape index (κ1) is 13.9. The van der Waals surface area contributed by atoms with Crippen molar-refractivity contribution in [2.75, 3.05) is 5.32 Å². The van der Waals surface area contributed by atoms with Crippen LogP contribution in [0.1, 0.15) is 18.5 Å². The fourth-order valence-corrected chi connectivity index (χ4v) is 1.26. The van der Waals surface area contributed by atoms with E-state index in [1.807, 2.05) is 0 Å². The average molecular weight is 253 g/mol. The molecule has 0 saturated heterocycles. The topological polar surface area (TPSA) is 126 Å². The number of hydrogen-bond donors (Lipinski definition) is 4. The third-order valence-corrected chi connectivity index (χ3v) is 2.26. The molecule has 1 amide bonds. The van der Waals surface area contributed by atoms with E-state index in [1.54, 1.807) is 13.0 Å². The van der Waals surface area contributed by atoms with E-state index in [-0.39, 0.29) is 24.4 Å². The van der Waals surface area contributed by atoms with E-state index in [2.05, 4.69) is 10.3 Å². The average Bonchev–Trinajstić information content (AvgIpc) is 2.30. The highest BCUT2D eigenvalue weighted by Crippen LogP contribution is 2.20. The van der Waals surface area contributed by atoms with Crippen molar-refractivity contribution in [2.24, 2.45) is 5.73 Å². The van der Waals surface area contributed by atoms with Crippen LogP contribution in [0.4, 0.5) is 5.82 Å². The summed E-state index contributed by atoms with van der Waals surface area (Å²) in [5.74, 6) is -1.75. The fraction of sp³-hybridized carbons (Fsp3) is 0.364. The lowest BCUT2D eigenvalue weighted by molar-refractivity contribution is -0.137. The number of nitrogens with two attached hydrogens (primary N) is 1. The number of rotatable bonds is 5. The van der Waals surface area contributed by atoms with Crippen LogP contribution in [0.2, 0.25) is 0 Å². The third-order valence-electron chi connectivity index (χ3n) is 2.26. The Morgan fingerprint density at radius 3 is 2.78 bits per heavy atom. The third kappa shape index (κ3) is 4.02. The van der Waals surface area contributed by atoms with E-state index in [0.29, 0.717) is 5.69 Å². The van der Waals surface area contributed by atoms with Gasteiger partial charge < -0.3 is 21.3 Å². The van der Waals surface area contributed by atoms with Gasteiger partial charge in [0.25, 0.3) is 0 Å². The lowest BCUT2D eigenvalue weighted by Crippen LogP contribution is -2.36. The number of hydrogen-bond acceptors (Lipinski definition) is 5. The van der Waals surface area contributed by atoms with Gasteiger partial charge in [-0.05, 0) is 25.5 Å². The van der Waals surface area contributed by atoms with Gasteiger partial charge in [0.05, 0.1) is 6.04 Å². The van der Waals surface area contributed by atoms with Crippen molar-refractivity contribution >= 4 is 17.7 Å². The van der Waals surface area contributed by atoms with Crippen LogP contribution in [0.15, 0.2) is 12.1 Å². The lowest BCUT2D eigenvalue weighted by atomic mass is 10.1. The van der Waals surface area contributed by atoms with E-state index in [0.717, 1.165) is 0 Å². The molecule has 1 aromatic heterocycles. The van der Waals surface area contributed by atoms with Crippen molar-refractivity contribution in [2.45, 2.75) is 25.8 Å². The molecule has 0 aliphatic heterocycles. The molecule has 0 aliphatic rings. The van der Waals surface area contributed by atoms with Crippen LogP contribution in [0, 0.1) is 6.92 Å². The highest BCUT2D eigenvalue weighted by atomic mass is 16.4. The molecular formula is C11H15N3O4. The van der Waals surface area contributed by atoms with Crippen LogP contribution in [0.25, 0.3) is 0 Å². The Morgan fingerprint density at radius 2 is 2.17 bits per heavy atom. The number of carbonyl (C=O) groups excluding carboxylic acids is 1. The molecule has 0 aliphatic carbocycles. The number of carbonyl (C=O) groups is 2. The van der Waals surface area contributed by atoms with Gasteiger partial charge in [0.15, 0.2) is 11.6 Å². The van der Waals surface area contributed by atoms with E-state index < -0.39 is 17.9 Å². The van der Waals surface area contributed by atoms with Crippen molar-refractivity contribution in [3.63, 3.8) is 0 Å². The summed E-state index contributed by atoms with van der Waals surface area (Å²) in [4.78, 5) is 25.9. The van der Waals surface area contributed by atoms with Gasteiger partial charge in [-0.2, -0.15) is 0 Å². The van der Waals surface area contributed by atoms with E-state index >= 15 is 0 Å². The number of aliphatic carboxylic acids is 1. The van der Waals surface area contributed by atoms with Crippen LogP contribution >= 0.6 is 0 Å². The second kappa shape index (κ2) is 5.97. The predicted molar refractivity (Wildman–Crippen MR) is 64.1 cm³/mol. The lowest BCUT2D eigenvalue weighted by Gasteiger charge is -2.11. The van der Waals surface area contributed by atoms with Gasteiger partial charge in [-0.15, -0.1) is 0 Å². The first-order valence-corrected chi connectivity index (χ1v) is 5.35. The van der Waals surface area contributed by atoms with Gasteiger partial charge in [-0.25, -0.2) is 4.98 Å². The van der Waals surface area contributed by atoms with Crippen molar-refractivity contribution in [1.29, 1.82) is 0 Å². The number of nitrogens with one attached hydrogen (secondary N) is 1. The second-order valence-electron chi connectivity index (χ2n) is 3.85. The molecule has 0 radical (unpaired) electrons. The van der Waals surface area contributed by atoms with Gasteiger partial charge >= 0.3 is 5.97 Å². The number of amides is 1. The zero-order valence-electron chi connectivity index (χ0n) is 9.88. The highest BCUT2D eigenvalue weighted by molar-refractivity contribution is 5.95. The molecule has 5 N–H and O–H groups in total. The summed E-state index contributed by atoms with van der Waals surface area (Å²) in [5, 5.41) is 20.3. The quantitative estimate of drug-likeness (QED) is 0.595. The molecular weight excluding hydrogens is 238 g/mol. The molecule has 18 heavy (non-hydrogen) atoms. The van der Waals surface area contributed by atoms with Crippen LogP contribution in [0.3, 0.4) is 0 Å². The SMILES string of the molecule is Cc1ccc(O)c(NC(=O)C(N)CCC(=O)O)n1. The number of carboxylic acid groups (broad SMARTS) is 1. The number of anilines is 1. The number of aryl methyl sites for hydroxylation is 1. The maximum atomic E-state index is 11.6. The van der Waals surface area contributed by atoms with Crippen LogP contribution < -0.4 is 11.1 Å². The Hall–Kier alpha value is -2.15. The zero-order chi connectivity index (χ0) is 13.7. The highest BCUT2D eigenvalue weighted by Gasteiger charge is 2.17. The molecule has 0 saturated carbocycles. The predicted octanol–water partition coefficient (Wildman–Crippen LogP) is 0.226. The van der Waals surface area contributed by atoms with Crippen LogP contribution in [-0.2, 0) is 9.59 Å². The Bertz CT molecular complexity index is 462. The molecule has 1 heterocycles. The molecule has 1 unspecified atom stereocenters. The standard InChI is InChI=1S/C11H15N3O4/c1-6-2-4-8(15)10(13-6)14-11(18)7(12)3-5-9(16)17/h2,4,7,15H,3,5,12H2,1H3,(H,16,17)(H,13,14,18). The minimum atomic E-state index is -1.02. The van der Waals surface area contributed by atoms with E-state index in [9.17, 15) is 14.7 Å². The monoisotopic (exact) mass is 253 g/mol. The van der Waals surface area contributed by atoms with Crippen molar-refractivity contribution in [1.82, 2.24) is 4.98 Å². The molecule has 7 heteroatoms. The molecule has 7 nitrogen and oxygen atoms in total. The Kier molecular flexibility index (Phi) is 4.61. The molecule has 0 fully saturated rings. The fourth-order valence-electron chi connectivity index (χ4n) is 1.26. The maximum absolute atomic E-state index is 11.6. The van der Waals surface area contributed by atoms with Gasteiger partial charge in [-0.3, -0.25) is 9.59 Å². The van der Waals surface area contributed by atoms with Gasteiger partial charge in [0.1, 0.15) is 0 Å². The molecule has 0 aromatic carbocycles. The summed E-state index contributed by atoms with van der Waals surface area (Å²) in [6, 6.07) is 2.04. The molecule has 1 rings (SSSR count). The van der Waals surface area contributed by atoms with Crippen molar-refractivity contribution in [3.8, 4) is 5.75 Å². The summed E-state index contributed by atoms with van der Waals surface area (Å²) in [6.07, 6.45) is -0.171. The molecule has 0 spiro atoms. The molecule has 98 valence electrons. The largest absolute Gasteiger partial charge is 0.504 e. The van der Waals surface area contributed by atoms with Crippen molar-refractivity contribution in [3.05, 3.63) is 17.8 Å². The second-order valence-corrected chi connectivity index (χ2v) is 3.85. The summed E-state index contributed by atoms with van der Waals surface area (Å²) in [5.41, 5.74) is 6.14. The molecule has 1 atom stereocenters. The molecule has 0 bridgehead atoms. The van der Waals surface area contributed by atoms with Crippen LogP contribution in [-0.4, -0.2) is 33.1 Å². The van der Waals surface area contributed by atoms with Gasteiger partial charge in [0.2, 0.25) is 5.91 Å². The van der Waals surface area contributed by atoms with Gasteiger partial charge in [-0.1, -0.05) is 0 Å². The summed E-state index contributed by atoms with van der Waals surface area (Å²) in [6.45, 7) is 1.71. The Balaban J connectivity index is 2.63. The van der Waals surface area contributed by atoms with Crippen LogP contribution in [0.5, 0.6) is 5.75 Å². The number of aromatic nitrogens is 1. The van der Waals surface area contributed by atoms with E-state index in [1.165, 1.54) is 6.07 Å². The summed E-state index contributed by atoms with van der Waals surface area (Å²) in [7, 11) is 0. The number of carboxylic acids is 1. The minimum absolute atomic E-state index is 0.0192. The Morgan fingerprint density at radius 1 is 1.50 bits per heavy atom. The number of nitrogens with zero attached hydrogens (tertiary/aromatic N) is 1. The number of aromatic hydroxyl groups is 1. The summed E-state index contributed by atoms with van der Waals surface area (Å²) >= 11 is 0. The first-order chi connectivity index (χ1) is 8.40. The smallest absolute Gasteiger partial charge is 0.303 e. The minimum Gasteiger partial charge on any atom is -0.504 e. The normalized spacial score (nSPS) is 11.9. The molecule has 1 aromatic rings. The van der Waals surface area contributed by atoms with Crippen molar-refractivity contribution < 1.29 is 19.8 Å². The Labute approximate surface area is 104 Å². The summed E-state index contributed by atoms with van der Waals surface area (Å²) < 4.78 is 0.